The van der Waals surface area contributed by atoms with E-state index in [0.29, 0.717) is 35.0 Å². The summed E-state index contributed by atoms with van der Waals surface area (Å²) >= 11 is 5.95. The molecule has 1 N–H and O–H groups in total. The highest BCUT2D eigenvalue weighted by Crippen LogP contribution is 2.41. The quantitative estimate of drug-likeness (QED) is 0.382. The van der Waals surface area contributed by atoms with Crippen LogP contribution in [-0.2, 0) is 9.59 Å². The fourth-order valence-electron chi connectivity index (χ4n) is 3.96. The van der Waals surface area contributed by atoms with Crippen molar-refractivity contribution in [3.63, 3.8) is 0 Å². The minimum Gasteiger partial charge on any atom is -0.872 e. The number of likely N-dealkylation sites (tertiary alicyclic amines) is 1. The van der Waals surface area contributed by atoms with E-state index in [9.17, 15) is 14.7 Å². The number of para-hydroxylation sites is 1. The lowest BCUT2D eigenvalue weighted by molar-refractivity contribution is -0.895. The highest BCUT2D eigenvalue weighted by Gasteiger charge is 2.45. The molecule has 1 aliphatic heterocycles. The van der Waals surface area contributed by atoms with Gasteiger partial charge in [-0.3, -0.25) is 9.59 Å². The summed E-state index contributed by atoms with van der Waals surface area (Å²) in [5.41, 5.74) is 0.888. The van der Waals surface area contributed by atoms with Crippen molar-refractivity contribution < 1.29 is 24.3 Å². The van der Waals surface area contributed by atoms with Crippen molar-refractivity contribution in [1.82, 2.24) is 4.90 Å². The van der Waals surface area contributed by atoms with Crippen molar-refractivity contribution in [2.75, 3.05) is 33.3 Å². The molecule has 1 aliphatic rings. The van der Waals surface area contributed by atoms with Crippen molar-refractivity contribution in [1.29, 1.82) is 0 Å². The summed E-state index contributed by atoms with van der Waals surface area (Å²) in [6.07, 6.45) is 0. The summed E-state index contributed by atoms with van der Waals surface area (Å²) in [4.78, 5) is 28.9. The number of hydrogen-bond acceptors (Lipinski definition) is 4. The lowest BCUT2D eigenvalue weighted by atomic mass is 9.94. The van der Waals surface area contributed by atoms with E-state index in [4.69, 9.17) is 16.3 Å². The molecule has 1 fully saturated rings. The van der Waals surface area contributed by atoms with Crippen LogP contribution in [0.15, 0.2) is 54.1 Å². The normalized spacial score (nSPS) is 18.1. The van der Waals surface area contributed by atoms with Gasteiger partial charge in [-0.05, 0) is 37.6 Å². The minimum absolute atomic E-state index is 0.0497. The second kappa shape index (κ2) is 9.98. The molecule has 1 saturated heterocycles. The van der Waals surface area contributed by atoms with Crippen LogP contribution in [0.25, 0.3) is 5.76 Å². The van der Waals surface area contributed by atoms with Crippen molar-refractivity contribution in [3.8, 4) is 5.75 Å². The molecule has 0 bridgehead atoms. The van der Waals surface area contributed by atoms with E-state index >= 15 is 0 Å². The van der Waals surface area contributed by atoms with Gasteiger partial charge in [0.25, 0.3) is 5.91 Å². The SMILES string of the molecule is CC[NH+](CC)CCN1C(=O)C(=O)C(=C([O-])c2ccc(Cl)cc2)C1c1ccccc1OC. The topological polar surface area (TPSA) is 74.1 Å². The van der Waals surface area contributed by atoms with E-state index in [-0.39, 0.29) is 5.57 Å². The molecule has 31 heavy (non-hydrogen) atoms. The number of hydrogen-bond donors (Lipinski definition) is 1. The fraction of sp³-hybridized carbons (Fsp3) is 0.333. The van der Waals surface area contributed by atoms with Gasteiger partial charge in [0.1, 0.15) is 5.75 Å². The third-order valence-electron chi connectivity index (χ3n) is 5.78. The number of ketones is 1. The number of Topliss-reactive ketones (excluding diaryl/α,β-unsaturated/α-hetero) is 1. The lowest BCUT2D eigenvalue weighted by Crippen LogP contribution is -3.12. The van der Waals surface area contributed by atoms with Crippen LogP contribution >= 0.6 is 11.6 Å². The Morgan fingerprint density at radius 2 is 1.74 bits per heavy atom. The maximum atomic E-state index is 13.4. The van der Waals surface area contributed by atoms with Crippen LogP contribution in [0.4, 0.5) is 0 Å². The Kier molecular flexibility index (Phi) is 7.36. The van der Waals surface area contributed by atoms with Gasteiger partial charge in [-0.15, -0.1) is 0 Å². The average Bonchev–Trinajstić information content (AvgIpc) is 3.04. The molecule has 2 aromatic rings. The van der Waals surface area contributed by atoms with E-state index in [1.54, 1.807) is 36.4 Å². The Labute approximate surface area is 187 Å². The monoisotopic (exact) mass is 442 g/mol. The van der Waals surface area contributed by atoms with Crippen LogP contribution in [-0.4, -0.2) is 49.9 Å². The Morgan fingerprint density at radius 3 is 2.35 bits per heavy atom. The van der Waals surface area contributed by atoms with Crippen molar-refractivity contribution >= 4 is 29.1 Å². The molecular formula is C24H27ClN2O4. The van der Waals surface area contributed by atoms with Gasteiger partial charge in [-0.25, -0.2) is 0 Å². The molecule has 7 heteroatoms. The number of likely N-dealkylation sites (N-methyl/N-ethyl adjacent to an activating group) is 1. The molecule has 3 rings (SSSR count). The highest BCUT2D eigenvalue weighted by molar-refractivity contribution is 6.46. The number of nitrogens with zero attached hydrogens (tertiary/aromatic N) is 1. The van der Waals surface area contributed by atoms with E-state index in [1.807, 2.05) is 12.1 Å². The molecule has 1 unspecified atom stereocenters. The molecule has 164 valence electrons. The molecule has 1 atom stereocenters. The molecular weight excluding hydrogens is 416 g/mol. The molecule has 0 saturated carbocycles. The minimum atomic E-state index is -0.797. The third-order valence-corrected chi connectivity index (χ3v) is 6.03. The zero-order chi connectivity index (χ0) is 22.5. The summed E-state index contributed by atoms with van der Waals surface area (Å²) in [7, 11) is 1.53. The first-order valence-corrected chi connectivity index (χ1v) is 10.8. The molecule has 6 nitrogen and oxygen atoms in total. The van der Waals surface area contributed by atoms with Gasteiger partial charge in [-0.1, -0.05) is 47.7 Å². The van der Waals surface area contributed by atoms with Gasteiger partial charge >= 0.3 is 0 Å². The number of nitrogens with one attached hydrogen (secondary N) is 1. The number of carbonyl (C=O) groups excluding carboxylic acids is 2. The molecule has 0 aliphatic carbocycles. The summed E-state index contributed by atoms with van der Waals surface area (Å²) < 4.78 is 5.50. The number of carbonyl (C=O) groups is 2. The summed E-state index contributed by atoms with van der Waals surface area (Å²) in [6.45, 7) is 7.02. The summed E-state index contributed by atoms with van der Waals surface area (Å²) in [5, 5.41) is 13.9. The summed E-state index contributed by atoms with van der Waals surface area (Å²) in [5.74, 6) is -1.36. The van der Waals surface area contributed by atoms with Gasteiger partial charge in [0.05, 0.1) is 39.3 Å². The predicted octanol–water partition coefficient (Wildman–Crippen LogP) is 1.50. The number of ether oxygens (including phenoxy) is 1. The largest absolute Gasteiger partial charge is 0.872 e. The third kappa shape index (κ3) is 4.60. The van der Waals surface area contributed by atoms with E-state index in [0.717, 1.165) is 13.1 Å². The number of methoxy groups -OCH3 is 1. The number of benzene rings is 2. The number of halogens is 1. The number of amides is 1. The molecule has 1 amide bonds. The second-order valence-corrected chi connectivity index (χ2v) is 7.87. The number of quaternary nitrogens is 1. The predicted molar refractivity (Wildman–Crippen MR) is 118 cm³/mol. The Bertz CT molecular complexity index is 983. The molecule has 2 aromatic carbocycles. The summed E-state index contributed by atoms with van der Waals surface area (Å²) in [6, 6.07) is 12.7. The van der Waals surface area contributed by atoms with Gasteiger partial charge in [0.2, 0.25) is 5.78 Å². The van der Waals surface area contributed by atoms with Crippen LogP contribution in [0.2, 0.25) is 5.02 Å². The van der Waals surface area contributed by atoms with E-state index < -0.39 is 23.5 Å². The first-order chi connectivity index (χ1) is 14.9. The first-order valence-electron chi connectivity index (χ1n) is 10.4. The van der Waals surface area contributed by atoms with Crippen molar-refractivity contribution in [3.05, 3.63) is 70.3 Å². The average molecular weight is 443 g/mol. The second-order valence-electron chi connectivity index (χ2n) is 7.43. The highest BCUT2D eigenvalue weighted by atomic mass is 35.5. The zero-order valence-corrected chi connectivity index (χ0v) is 18.7. The smallest absolute Gasteiger partial charge is 0.295 e. The zero-order valence-electron chi connectivity index (χ0n) is 18.0. The van der Waals surface area contributed by atoms with Crippen LogP contribution in [0.1, 0.15) is 31.0 Å². The first kappa shape index (κ1) is 22.8. The van der Waals surface area contributed by atoms with E-state index in [2.05, 4.69) is 13.8 Å². The van der Waals surface area contributed by atoms with Crippen LogP contribution in [0.5, 0.6) is 5.75 Å². The maximum Gasteiger partial charge on any atom is 0.295 e. The van der Waals surface area contributed by atoms with Crippen LogP contribution in [0.3, 0.4) is 0 Å². The van der Waals surface area contributed by atoms with Gasteiger partial charge in [-0.2, -0.15) is 0 Å². The fourth-order valence-corrected chi connectivity index (χ4v) is 4.08. The Morgan fingerprint density at radius 1 is 1.10 bits per heavy atom. The van der Waals surface area contributed by atoms with Crippen LogP contribution < -0.4 is 14.7 Å². The molecule has 0 radical (unpaired) electrons. The van der Waals surface area contributed by atoms with Crippen molar-refractivity contribution in [2.24, 2.45) is 0 Å². The molecule has 0 aromatic heterocycles. The van der Waals surface area contributed by atoms with Crippen LogP contribution in [0, 0.1) is 0 Å². The standard InChI is InChI=1S/C24H27ClN2O4/c1-4-26(5-2)14-15-27-21(18-8-6-7-9-19(18)31-3)20(23(29)24(27)30)22(28)16-10-12-17(25)13-11-16/h6-13,21,28H,4-5,14-15H2,1-3H3. The van der Waals surface area contributed by atoms with Gasteiger partial charge < -0.3 is 19.6 Å². The molecule has 1 heterocycles. The maximum absolute atomic E-state index is 13.4. The van der Waals surface area contributed by atoms with Crippen molar-refractivity contribution in [2.45, 2.75) is 19.9 Å². The Balaban J connectivity index is 2.14. The van der Waals surface area contributed by atoms with Gasteiger partial charge in [0.15, 0.2) is 0 Å². The number of rotatable bonds is 8. The molecule has 0 spiro atoms. The Hall–Kier alpha value is -2.83. The van der Waals surface area contributed by atoms with Gasteiger partial charge in [0, 0.05) is 16.2 Å². The van der Waals surface area contributed by atoms with E-state index in [1.165, 1.54) is 16.9 Å². The lowest BCUT2D eigenvalue weighted by Gasteiger charge is -2.29.